The minimum atomic E-state index is -6.43. The topological polar surface area (TPSA) is 44.6 Å². The molecule has 0 aromatic heterocycles. The Bertz CT molecular complexity index is 566. The first-order chi connectivity index (χ1) is 9.79. The smallest absolute Gasteiger partial charge is 0.462 e. The number of hydrogen-bond donors (Lipinski definition) is 2. The maximum Gasteiger partial charge on any atom is 0.462 e. The lowest BCUT2D eigenvalue weighted by Gasteiger charge is -2.27. The summed E-state index contributed by atoms with van der Waals surface area (Å²) >= 11 is 3.43. The van der Waals surface area contributed by atoms with Crippen LogP contribution in [0.4, 0.5) is 30.7 Å². The van der Waals surface area contributed by atoms with Crippen molar-refractivity contribution >= 4 is 51.4 Å². The van der Waals surface area contributed by atoms with Crippen LogP contribution >= 0.6 is 45.2 Å². The molecule has 1 aromatic rings. The van der Waals surface area contributed by atoms with Gasteiger partial charge >= 0.3 is 18.1 Å². The number of phenols is 1. The predicted molar refractivity (Wildman–Crippen MR) is 80.2 cm³/mol. The summed E-state index contributed by atoms with van der Waals surface area (Å²) in [6.07, 6.45) is -5.80. The predicted octanol–water partition coefficient (Wildman–Crippen LogP) is 4.32. The van der Waals surface area contributed by atoms with Gasteiger partial charge in [0, 0.05) is 0 Å². The van der Waals surface area contributed by atoms with E-state index in [9.17, 15) is 35.8 Å². The number of hydrazone groups is 1. The van der Waals surface area contributed by atoms with E-state index in [0.29, 0.717) is 18.8 Å². The first-order valence-electron chi connectivity index (χ1n) is 5.10. The van der Waals surface area contributed by atoms with Gasteiger partial charge in [0.2, 0.25) is 0 Å². The van der Waals surface area contributed by atoms with Crippen molar-refractivity contribution in [3.05, 3.63) is 24.8 Å². The van der Waals surface area contributed by atoms with E-state index in [4.69, 9.17) is 0 Å². The Morgan fingerprint density at radius 2 is 1.45 bits per heavy atom. The number of phenolic OH excluding ortho intramolecular Hbond substituents is 1. The molecule has 0 atom stereocenters. The van der Waals surface area contributed by atoms with Crippen molar-refractivity contribution in [1.29, 1.82) is 0 Å². The standard InChI is InChI=1S/C10H5F7I2N2O/c11-8(12,9(13,14)15)10(16,17)21-20-3-4-1-5(18)7(22)6(19)2-4/h1-3,21-22H/b20-3+. The van der Waals surface area contributed by atoms with Crippen molar-refractivity contribution in [3.63, 3.8) is 0 Å². The largest absolute Gasteiger partial charge is 0.506 e. The molecule has 1 aromatic carbocycles. The zero-order valence-electron chi connectivity index (χ0n) is 10.0. The summed E-state index contributed by atoms with van der Waals surface area (Å²) in [5.41, 5.74) is 0.623. The lowest BCUT2D eigenvalue weighted by atomic mass is 10.2. The van der Waals surface area contributed by atoms with Crippen LogP contribution in [0.3, 0.4) is 0 Å². The number of benzene rings is 1. The maximum absolute atomic E-state index is 12.9. The summed E-state index contributed by atoms with van der Waals surface area (Å²) in [5, 5.41) is 12.2. The zero-order valence-corrected chi connectivity index (χ0v) is 14.3. The number of halogens is 9. The number of rotatable bonds is 4. The van der Waals surface area contributed by atoms with Gasteiger partial charge in [0.25, 0.3) is 0 Å². The first-order valence-corrected chi connectivity index (χ1v) is 7.26. The quantitative estimate of drug-likeness (QED) is 0.191. The van der Waals surface area contributed by atoms with Gasteiger partial charge in [-0.25, -0.2) is 5.43 Å². The SMILES string of the molecule is Oc1c(I)cc(/C=N/NC(F)(F)C(F)(F)C(F)(F)F)cc1I. The average Bonchev–Trinajstić information content (AvgIpc) is 2.34. The van der Waals surface area contributed by atoms with Gasteiger partial charge in [-0.15, -0.1) is 0 Å². The highest BCUT2D eigenvalue weighted by Crippen LogP contribution is 2.44. The van der Waals surface area contributed by atoms with Gasteiger partial charge in [-0.05, 0) is 62.9 Å². The fraction of sp³-hybridized carbons (Fsp3) is 0.300. The van der Waals surface area contributed by atoms with Crippen LogP contribution in [0.15, 0.2) is 17.2 Å². The Hall–Kier alpha value is -0.540. The van der Waals surface area contributed by atoms with Gasteiger partial charge in [0.1, 0.15) is 5.75 Å². The molecule has 12 heteroatoms. The average molecular weight is 556 g/mol. The second-order valence-corrected chi connectivity index (χ2v) is 6.17. The van der Waals surface area contributed by atoms with Crippen molar-refractivity contribution in [2.75, 3.05) is 0 Å². The normalized spacial score (nSPS) is 13.7. The summed E-state index contributed by atoms with van der Waals surface area (Å²) in [7, 11) is 0. The Morgan fingerprint density at radius 3 is 1.86 bits per heavy atom. The van der Waals surface area contributed by atoms with Crippen molar-refractivity contribution in [2.45, 2.75) is 18.1 Å². The highest BCUT2D eigenvalue weighted by molar-refractivity contribution is 14.1. The number of nitrogens with zero attached hydrogens (tertiary/aromatic N) is 1. The van der Waals surface area contributed by atoms with Crippen LogP contribution in [0.2, 0.25) is 0 Å². The molecule has 0 heterocycles. The van der Waals surface area contributed by atoms with Crippen molar-refractivity contribution < 1.29 is 35.8 Å². The highest BCUT2D eigenvalue weighted by atomic mass is 127. The van der Waals surface area contributed by atoms with E-state index in [-0.39, 0.29) is 11.3 Å². The highest BCUT2D eigenvalue weighted by Gasteiger charge is 2.73. The third-order valence-corrected chi connectivity index (χ3v) is 3.85. The van der Waals surface area contributed by atoms with Crippen LogP contribution in [0, 0.1) is 7.14 Å². The van der Waals surface area contributed by atoms with Gasteiger partial charge in [-0.2, -0.15) is 35.8 Å². The second-order valence-electron chi connectivity index (χ2n) is 3.85. The van der Waals surface area contributed by atoms with E-state index in [1.54, 1.807) is 45.2 Å². The van der Waals surface area contributed by atoms with Crippen molar-refractivity contribution in [1.82, 2.24) is 5.43 Å². The molecule has 0 radical (unpaired) electrons. The summed E-state index contributed by atoms with van der Waals surface area (Å²) in [6, 6.07) is -3.08. The number of hydrogen-bond acceptors (Lipinski definition) is 3. The van der Waals surface area contributed by atoms with Gasteiger partial charge < -0.3 is 5.11 Å². The van der Waals surface area contributed by atoms with Crippen LogP contribution in [0.1, 0.15) is 5.56 Å². The Balaban J connectivity index is 2.94. The summed E-state index contributed by atoms with van der Waals surface area (Å²) in [6.45, 7) is 0. The van der Waals surface area contributed by atoms with Crippen LogP contribution in [-0.2, 0) is 0 Å². The van der Waals surface area contributed by atoms with Crippen LogP contribution in [-0.4, -0.2) is 29.5 Å². The summed E-state index contributed by atoms with van der Waals surface area (Å²) < 4.78 is 87.2. The second kappa shape index (κ2) is 6.52. The third kappa shape index (κ3) is 4.05. The fourth-order valence-corrected chi connectivity index (χ4v) is 2.91. The molecule has 2 N–H and O–H groups in total. The van der Waals surface area contributed by atoms with E-state index < -0.39 is 18.1 Å². The summed E-state index contributed by atoms with van der Waals surface area (Å²) in [5.74, 6) is -6.37. The minimum Gasteiger partial charge on any atom is -0.506 e. The van der Waals surface area contributed by atoms with Gasteiger partial charge in [-0.3, -0.25) is 0 Å². The Morgan fingerprint density at radius 1 is 1.00 bits per heavy atom. The van der Waals surface area contributed by atoms with Crippen molar-refractivity contribution in [3.8, 4) is 5.75 Å². The summed E-state index contributed by atoms with van der Waals surface area (Å²) in [4.78, 5) is 0. The molecule has 124 valence electrons. The van der Waals surface area contributed by atoms with E-state index in [2.05, 4.69) is 5.10 Å². The number of aromatic hydroxyl groups is 1. The molecule has 0 saturated carbocycles. The zero-order chi connectivity index (χ0) is 17.3. The molecular weight excluding hydrogens is 551 g/mol. The molecule has 0 fully saturated rings. The van der Waals surface area contributed by atoms with Gasteiger partial charge in [-0.1, -0.05) is 0 Å². The third-order valence-electron chi connectivity index (χ3n) is 2.21. The number of nitrogens with one attached hydrogen (secondary N) is 1. The molecule has 0 aliphatic rings. The molecule has 22 heavy (non-hydrogen) atoms. The lowest BCUT2D eigenvalue weighted by molar-refractivity contribution is -0.361. The molecule has 0 bridgehead atoms. The van der Waals surface area contributed by atoms with Crippen LogP contribution in [0.25, 0.3) is 0 Å². The van der Waals surface area contributed by atoms with Crippen LogP contribution in [0.5, 0.6) is 5.75 Å². The molecule has 1 rings (SSSR count). The molecule has 0 aliphatic carbocycles. The lowest BCUT2D eigenvalue weighted by Crippen LogP contribution is -2.58. The van der Waals surface area contributed by atoms with E-state index in [1.165, 1.54) is 12.1 Å². The molecule has 0 amide bonds. The van der Waals surface area contributed by atoms with E-state index in [0.717, 1.165) is 0 Å². The molecule has 0 spiro atoms. The first kappa shape index (κ1) is 19.5. The Labute approximate surface area is 146 Å². The molecule has 0 unspecified atom stereocenters. The molecule has 0 saturated heterocycles. The monoisotopic (exact) mass is 556 g/mol. The maximum atomic E-state index is 12.9. The minimum absolute atomic E-state index is 0.0831. The molecule has 3 nitrogen and oxygen atoms in total. The van der Waals surface area contributed by atoms with E-state index in [1.807, 2.05) is 0 Å². The van der Waals surface area contributed by atoms with Gasteiger partial charge in [0.05, 0.1) is 13.4 Å². The number of alkyl halides is 7. The van der Waals surface area contributed by atoms with Gasteiger partial charge in [0.15, 0.2) is 0 Å². The Kier molecular flexibility index (Phi) is 5.79. The molecular formula is C10H5F7I2N2O. The molecule has 0 aliphatic heterocycles. The van der Waals surface area contributed by atoms with E-state index >= 15 is 0 Å². The van der Waals surface area contributed by atoms with Crippen molar-refractivity contribution in [2.24, 2.45) is 5.10 Å². The fourth-order valence-electron chi connectivity index (χ4n) is 1.10. The van der Waals surface area contributed by atoms with Crippen LogP contribution < -0.4 is 5.43 Å².